The Bertz CT molecular complexity index is 2530. The highest BCUT2D eigenvalue weighted by Crippen LogP contribution is 2.25. The number of rotatable bonds is 11. The first-order chi connectivity index (χ1) is 25.8. The van der Waals surface area contributed by atoms with Gasteiger partial charge in [-0.1, -0.05) is 26.8 Å². The summed E-state index contributed by atoms with van der Waals surface area (Å²) in [5, 5.41) is 5.21. The number of fused-ring (bicyclic) bond motifs is 1. The quantitative estimate of drug-likeness (QED) is 0.166. The van der Waals surface area contributed by atoms with Crippen LogP contribution in [0, 0.1) is 17.0 Å². The van der Waals surface area contributed by atoms with Gasteiger partial charge in [-0.15, -0.1) is 0 Å². The number of amides is 2. The minimum absolute atomic E-state index is 0.0201. The number of aryl methyl sites for hydroxylation is 1. The van der Waals surface area contributed by atoms with Crippen molar-refractivity contribution in [1.82, 2.24) is 24.4 Å². The molecule has 55 heavy (non-hydrogen) atoms. The highest BCUT2D eigenvalue weighted by atomic mass is 32.2. The van der Waals surface area contributed by atoms with E-state index in [1.807, 2.05) is 4.72 Å². The summed E-state index contributed by atoms with van der Waals surface area (Å²) in [6.07, 6.45) is 3.21. The summed E-state index contributed by atoms with van der Waals surface area (Å²) < 4.78 is 65.9. The third kappa shape index (κ3) is 8.92. The molecule has 3 heterocycles. The topological polar surface area (TPSA) is 200 Å². The molecule has 0 fully saturated rings. The van der Waals surface area contributed by atoms with Crippen molar-refractivity contribution in [2.24, 2.45) is 12.5 Å². The van der Waals surface area contributed by atoms with Gasteiger partial charge in [0.2, 0.25) is 5.91 Å². The molecular weight excluding hydrogens is 741 g/mol. The molecule has 0 aliphatic rings. The second-order valence-corrected chi connectivity index (χ2v) is 15.4. The van der Waals surface area contributed by atoms with E-state index in [9.17, 15) is 32.4 Å². The fraction of sp³-hybridized carbons (Fsp3) is 0.270. The summed E-state index contributed by atoms with van der Waals surface area (Å²) in [4.78, 5) is 72.6. The molecule has 0 aliphatic carbocycles. The van der Waals surface area contributed by atoms with Crippen LogP contribution in [0.5, 0.6) is 0 Å². The number of nitrogens with zero attached hydrogens (tertiary/aromatic N) is 4. The average Bonchev–Trinajstić information content (AvgIpc) is 3.12. The monoisotopic (exact) mass is 777 g/mol. The van der Waals surface area contributed by atoms with Gasteiger partial charge in [-0.2, -0.15) is 0 Å². The molecule has 0 aliphatic heterocycles. The van der Waals surface area contributed by atoms with Crippen molar-refractivity contribution in [1.29, 1.82) is 0 Å². The van der Waals surface area contributed by atoms with Crippen LogP contribution < -0.4 is 26.6 Å². The molecular formula is C37H37F2N7O8S. The van der Waals surface area contributed by atoms with Crippen molar-refractivity contribution in [3.05, 3.63) is 117 Å². The van der Waals surface area contributed by atoms with E-state index >= 15 is 8.78 Å². The van der Waals surface area contributed by atoms with E-state index in [4.69, 9.17) is 4.74 Å². The van der Waals surface area contributed by atoms with Crippen LogP contribution >= 0.6 is 0 Å². The molecule has 0 unspecified atom stereocenters. The number of nitrogens with one attached hydrogen (secondary N) is 3. The minimum atomic E-state index is -4.45. The van der Waals surface area contributed by atoms with E-state index in [1.54, 1.807) is 34.6 Å². The highest BCUT2D eigenvalue weighted by molar-refractivity contribution is 7.92. The zero-order valence-electron chi connectivity index (χ0n) is 30.5. The average molecular weight is 778 g/mol. The number of anilines is 2. The number of halogens is 2. The maximum absolute atomic E-state index is 15.3. The second-order valence-electron chi connectivity index (χ2n) is 13.8. The lowest BCUT2D eigenvalue weighted by Crippen LogP contribution is -2.44. The fourth-order valence-electron chi connectivity index (χ4n) is 5.18. The smallest absolute Gasteiger partial charge is 0.337 e. The number of carbonyl (C=O) groups excluding carboxylic acids is 3. The number of carbonyl (C=O) groups is 3. The van der Waals surface area contributed by atoms with Crippen LogP contribution in [-0.4, -0.2) is 57.4 Å². The van der Waals surface area contributed by atoms with E-state index < -0.39 is 73.6 Å². The van der Waals surface area contributed by atoms with Gasteiger partial charge in [0.25, 0.3) is 21.5 Å². The predicted octanol–water partition coefficient (Wildman–Crippen LogP) is 3.84. The van der Waals surface area contributed by atoms with Gasteiger partial charge in [-0.3, -0.25) is 28.7 Å². The normalized spacial score (nSPS) is 12.3. The first-order valence-electron chi connectivity index (χ1n) is 16.7. The van der Waals surface area contributed by atoms with Gasteiger partial charge in [0.15, 0.2) is 0 Å². The molecule has 0 radical (unpaired) electrons. The third-order valence-corrected chi connectivity index (χ3v) is 9.52. The number of hydrogen-bond donors (Lipinski definition) is 3. The van der Waals surface area contributed by atoms with Gasteiger partial charge < -0.3 is 15.4 Å². The Balaban J connectivity index is 1.34. The standard InChI is InChI=1S/C37H37F2N7O8S/c1-20(2)54-34(49)29(15-21-7-12-31(41-18-21)46-33(48)24-13-14-40-19-30(24)45(6)36(46)51)43-32(47)25-16-27(39)28(17-26(25)38)44-55(52,53)23-10-8-22(9-11-23)42-35(50)37(3,4)5/h7-14,16-20,29,44H,15H2,1-6H3,(H,42,50)(H,43,47)/t29-/m0/s1. The number of esters is 1. The van der Waals surface area contributed by atoms with Crippen molar-refractivity contribution >= 4 is 50.1 Å². The molecule has 288 valence electrons. The van der Waals surface area contributed by atoms with E-state index in [1.165, 1.54) is 72.7 Å². The van der Waals surface area contributed by atoms with Gasteiger partial charge in [-0.05, 0) is 61.9 Å². The number of hydrogen-bond acceptors (Lipinski definition) is 10. The summed E-state index contributed by atoms with van der Waals surface area (Å²) >= 11 is 0. The van der Waals surface area contributed by atoms with Crippen LogP contribution in [0.4, 0.5) is 20.2 Å². The molecule has 3 aromatic heterocycles. The van der Waals surface area contributed by atoms with Crippen LogP contribution in [0.15, 0.2) is 87.7 Å². The van der Waals surface area contributed by atoms with Crippen molar-refractivity contribution < 1.29 is 36.3 Å². The fourth-order valence-corrected chi connectivity index (χ4v) is 6.24. The van der Waals surface area contributed by atoms with E-state index in [0.717, 1.165) is 4.57 Å². The number of aromatic nitrogens is 4. The molecule has 2 aromatic carbocycles. The van der Waals surface area contributed by atoms with E-state index in [0.29, 0.717) is 28.9 Å². The Morgan fingerprint density at radius 3 is 2.25 bits per heavy atom. The molecule has 0 saturated heterocycles. The van der Waals surface area contributed by atoms with Gasteiger partial charge in [-0.25, -0.2) is 36.3 Å². The molecule has 0 spiro atoms. The molecule has 3 N–H and O–H groups in total. The van der Waals surface area contributed by atoms with Gasteiger partial charge in [0.1, 0.15) is 23.5 Å². The highest BCUT2D eigenvalue weighted by Gasteiger charge is 2.28. The molecule has 1 atom stereocenters. The summed E-state index contributed by atoms with van der Waals surface area (Å²) in [7, 11) is -2.98. The lowest BCUT2D eigenvalue weighted by molar-refractivity contribution is -0.149. The Morgan fingerprint density at radius 2 is 1.64 bits per heavy atom. The van der Waals surface area contributed by atoms with Crippen LogP contribution in [-0.2, 0) is 37.8 Å². The van der Waals surface area contributed by atoms with Crippen molar-refractivity contribution in [3.8, 4) is 5.82 Å². The van der Waals surface area contributed by atoms with Gasteiger partial charge >= 0.3 is 11.7 Å². The molecule has 0 saturated carbocycles. The van der Waals surface area contributed by atoms with Gasteiger partial charge in [0.05, 0.1) is 39.4 Å². The Labute approximate surface area is 313 Å². The zero-order valence-corrected chi connectivity index (χ0v) is 31.3. The first-order valence-corrected chi connectivity index (χ1v) is 18.2. The molecule has 5 rings (SSSR count). The van der Waals surface area contributed by atoms with E-state index in [-0.39, 0.29) is 28.4 Å². The molecule has 0 bridgehead atoms. The van der Waals surface area contributed by atoms with E-state index in [2.05, 4.69) is 20.6 Å². The molecule has 5 aromatic rings. The van der Waals surface area contributed by atoms with Crippen molar-refractivity contribution in [2.45, 2.75) is 58.1 Å². The van der Waals surface area contributed by atoms with Crippen LogP contribution in [0.3, 0.4) is 0 Å². The number of ether oxygens (including phenoxy) is 1. The lowest BCUT2D eigenvalue weighted by atomic mass is 9.95. The Hall–Kier alpha value is -6.30. The molecule has 2 amide bonds. The van der Waals surface area contributed by atoms with Crippen LogP contribution in [0.1, 0.15) is 50.5 Å². The number of pyridine rings is 2. The maximum Gasteiger partial charge on any atom is 0.337 e. The summed E-state index contributed by atoms with van der Waals surface area (Å²) in [6, 6.07) is 8.82. The van der Waals surface area contributed by atoms with Crippen molar-refractivity contribution in [3.63, 3.8) is 0 Å². The molecule has 18 heteroatoms. The van der Waals surface area contributed by atoms with Crippen molar-refractivity contribution in [2.75, 3.05) is 10.0 Å². The van der Waals surface area contributed by atoms with Crippen LogP contribution in [0.2, 0.25) is 0 Å². The largest absolute Gasteiger partial charge is 0.461 e. The Kier molecular flexibility index (Phi) is 11.3. The predicted molar refractivity (Wildman–Crippen MR) is 198 cm³/mol. The summed E-state index contributed by atoms with van der Waals surface area (Å²) in [6.45, 7) is 8.25. The number of benzene rings is 2. The Morgan fingerprint density at radius 1 is 0.945 bits per heavy atom. The van der Waals surface area contributed by atoms with Gasteiger partial charge in [0, 0.05) is 43.0 Å². The zero-order chi connectivity index (χ0) is 40.4. The summed E-state index contributed by atoms with van der Waals surface area (Å²) in [5.41, 5.74) is -2.66. The molecule has 15 nitrogen and oxygen atoms in total. The third-order valence-electron chi connectivity index (χ3n) is 8.14. The SMILES string of the molecule is CC(C)OC(=O)[C@H](Cc1ccc(-n2c(=O)c3ccncc3n(C)c2=O)nc1)NC(=O)c1cc(F)c(NS(=O)(=O)c2ccc(NC(=O)C(C)(C)C)cc2)cc1F. The summed E-state index contributed by atoms with van der Waals surface area (Å²) in [5.74, 6) is -5.05. The second kappa shape index (κ2) is 15.6. The van der Waals surface area contributed by atoms with Crippen LogP contribution in [0.25, 0.3) is 16.7 Å². The minimum Gasteiger partial charge on any atom is -0.461 e. The first kappa shape index (κ1) is 39.9. The maximum atomic E-state index is 15.3. The number of sulfonamides is 1. The lowest BCUT2D eigenvalue weighted by Gasteiger charge is -2.20.